The number of nitrogens with zero attached hydrogens (tertiary/aromatic N) is 1. The van der Waals surface area contributed by atoms with Crippen molar-refractivity contribution in [1.82, 2.24) is 4.90 Å². The highest BCUT2D eigenvalue weighted by Gasteiger charge is 2.19. The Kier molecular flexibility index (Phi) is 6.08. The van der Waals surface area contributed by atoms with Crippen LogP contribution in [0.15, 0.2) is 30.3 Å². The maximum atomic E-state index is 10.7. The number of hydrogen-bond acceptors (Lipinski definition) is 3. The van der Waals surface area contributed by atoms with Gasteiger partial charge in [0.25, 0.3) is 0 Å². The average molecular weight is 253 g/mol. The lowest BCUT2D eigenvalue weighted by Crippen LogP contribution is -2.27. The van der Waals surface area contributed by atoms with E-state index in [0.717, 1.165) is 13.1 Å². The van der Waals surface area contributed by atoms with E-state index in [4.69, 9.17) is 5.11 Å². The van der Waals surface area contributed by atoms with E-state index >= 15 is 0 Å². The second kappa shape index (κ2) is 7.35. The number of aliphatic carboxylic acids is 1. The van der Waals surface area contributed by atoms with Crippen LogP contribution < -0.4 is 0 Å². The summed E-state index contributed by atoms with van der Waals surface area (Å²) in [7, 11) is 0. The molecule has 1 rings (SSSR count). The van der Waals surface area contributed by atoms with Crippen LogP contribution in [0.25, 0.3) is 0 Å². The topological polar surface area (TPSA) is 40.5 Å². The molecule has 0 fully saturated rings. The van der Waals surface area contributed by atoms with E-state index in [0.29, 0.717) is 0 Å². The molecule has 1 N–H and O–H groups in total. The standard InChI is InChI=1S/C13H19NO2S/c1-3-14(4-2)13(17-10-12(15)16)11-8-6-5-7-9-11/h5-9,13H,3-4,10H2,1-2H3,(H,15,16). The van der Waals surface area contributed by atoms with Crippen LogP contribution in [0.2, 0.25) is 0 Å². The van der Waals surface area contributed by atoms with Crippen molar-refractivity contribution in [3.05, 3.63) is 35.9 Å². The molecule has 1 atom stereocenters. The highest BCUT2D eigenvalue weighted by molar-refractivity contribution is 8.00. The van der Waals surface area contributed by atoms with Crippen LogP contribution in [-0.2, 0) is 4.79 Å². The Labute approximate surface area is 107 Å². The van der Waals surface area contributed by atoms with Crippen LogP contribution in [0.5, 0.6) is 0 Å². The van der Waals surface area contributed by atoms with Gasteiger partial charge in [0.1, 0.15) is 0 Å². The molecule has 1 aromatic carbocycles. The highest BCUT2D eigenvalue weighted by atomic mass is 32.2. The van der Waals surface area contributed by atoms with Gasteiger partial charge >= 0.3 is 5.97 Å². The first-order chi connectivity index (χ1) is 8.19. The third-order valence-corrected chi connectivity index (χ3v) is 3.89. The SMILES string of the molecule is CCN(CC)C(SCC(=O)O)c1ccccc1. The van der Waals surface area contributed by atoms with Crippen molar-refractivity contribution in [2.24, 2.45) is 0 Å². The van der Waals surface area contributed by atoms with Crippen molar-refractivity contribution >= 4 is 17.7 Å². The Morgan fingerprint density at radius 2 is 1.88 bits per heavy atom. The van der Waals surface area contributed by atoms with Crippen LogP contribution >= 0.6 is 11.8 Å². The fraction of sp³-hybridized carbons (Fsp3) is 0.462. The number of carboxylic acids is 1. The summed E-state index contributed by atoms with van der Waals surface area (Å²) in [6.07, 6.45) is 0. The molecule has 0 heterocycles. The molecule has 0 aromatic heterocycles. The van der Waals surface area contributed by atoms with Crippen molar-refractivity contribution in [2.75, 3.05) is 18.8 Å². The maximum absolute atomic E-state index is 10.7. The normalized spacial score (nSPS) is 12.6. The molecule has 0 bridgehead atoms. The van der Waals surface area contributed by atoms with Gasteiger partial charge in [-0.25, -0.2) is 0 Å². The van der Waals surface area contributed by atoms with Crippen molar-refractivity contribution in [1.29, 1.82) is 0 Å². The molecule has 0 amide bonds. The Balaban J connectivity index is 2.81. The molecule has 17 heavy (non-hydrogen) atoms. The van der Waals surface area contributed by atoms with Crippen molar-refractivity contribution < 1.29 is 9.90 Å². The lowest BCUT2D eigenvalue weighted by molar-refractivity contribution is -0.133. The summed E-state index contributed by atoms with van der Waals surface area (Å²) in [6.45, 7) is 6.03. The van der Waals surface area contributed by atoms with E-state index in [9.17, 15) is 4.79 Å². The number of thioether (sulfide) groups is 1. The minimum Gasteiger partial charge on any atom is -0.481 e. The van der Waals surface area contributed by atoms with Crippen LogP contribution in [0, 0.1) is 0 Å². The van der Waals surface area contributed by atoms with Gasteiger partial charge in [-0.05, 0) is 18.7 Å². The summed E-state index contributed by atoms with van der Waals surface area (Å²) in [4.78, 5) is 13.0. The monoisotopic (exact) mass is 253 g/mol. The van der Waals surface area contributed by atoms with Gasteiger partial charge in [-0.2, -0.15) is 0 Å². The van der Waals surface area contributed by atoms with Gasteiger partial charge in [0.2, 0.25) is 0 Å². The van der Waals surface area contributed by atoms with Gasteiger partial charge in [-0.3, -0.25) is 9.69 Å². The lowest BCUT2D eigenvalue weighted by Gasteiger charge is -2.29. The van der Waals surface area contributed by atoms with E-state index < -0.39 is 5.97 Å². The Morgan fingerprint density at radius 3 is 2.35 bits per heavy atom. The molecule has 4 heteroatoms. The van der Waals surface area contributed by atoms with Gasteiger partial charge < -0.3 is 5.11 Å². The van der Waals surface area contributed by atoms with Gasteiger partial charge in [-0.15, -0.1) is 11.8 Å². The predicted molar refractivity (Wildman–Crippen MR) is 72.2 cm³/mol. The largest absolute Gasteiger partial charge is 0.481 e. The third-order valence-electron chi connectivity index (χ3n) is 2.59. The molecule has 1 unspecified atom stereocenters. The van der Waals surface area contributed by atoms with E-state index in [-0.39, 0.29) is 11.1 Å². The molecule has 1 aromatic rings. The third kappa shape index (κ3) is 4.40. The van der Waals surface area contributed by atoms with Gasteiger partial charge in [0, 0.05) is 0 Å². The van der Waals surface area contributed by atoms with E-state index in [1.54, 1.807) is 0 Å². The van der Waals surface area contributed by atoms with Crippen LogP contribution in [0.1, 0.15) is 24.8 Å². The summed E-state index contributed by atoms with van der Waals surface area (Å²) in [5.41, 5.74) is 1.17. The second-order valence-corrected chi connectivity index (χ2v) is 4.76. The number of benzene rings is 1. The first kappa shape index (κ1) is 14.1. The molecule has 0 radical (unpaired) electrons. The molecular formula is C13H19NO2S. The van der Waals surface area contributed by atoms with E-state index in [2.05, 4.69) is 30.9 Å². The Morgan fingerprint density at radius 1 is 1.29 bits per heavy atom. The second-order valence-electron chi connectivity index (χ2n) is 3.69. The average Bonchev–Trinajstić information content (AvgIpc) is 2.35. The zero-order valence-electron chi connectivity index (χ0n) is 10.3. The quantitative estimate of drug-likeness (QED) is 0.759. The smallest absolute Gasteiger partial charge is 0.313 e. The lowest BCUT2D eigenvalue weighted by atomic mass is 10.2. The van der Waals surface area contributed by atoms with Crippen LogP contribution in [0.4, 0.5) is 0 Å². The molecule has 0 aliphatic carbocycles. The van der Waals surface area contributed by atoms with Gasteiger partial charge in [0.15, 0.2) is 0 Å². The first-order valence-electron chi connectivity index (χ1n) is 5.81. The van der Waals surface area contributed by atoms with Gasteiger partial charge in [-0.1, -0.05) is 44.2 Å². The molecule has 0 aliphatic rings. The fourth-order valence-electron chi connectivity index (χ4n) is 1.74. The minimum absolute atomic E-state index is 0.127. The maximum Gasteiger partial charge on any atom is 0.313 e. The fourth-order valence-corrected chi connectivity index (χ4v) is 2.89. The van der Waals surface area contributed by atoms with Crippen molar-refractivity contribution in [3.63, 3.8) is 0 Å². The summed E-state index contributed by atoms with van der Waals surface area (Å²) in [5, 5.41) is 8.92. The van der Waals surface area contributed by atoms with E-state index in [1.165, 1.54) is 17.3 Å². The molecule has 94 valence electrons. The van der Waals surface area contributed by atoms with Gasteiger partial charge in [0.05, 0.1) is 11.1 Å². The van der Waals surface area contributed by atoms with Crippen molar-refractivity contribution in [2.45, 2.75) is 19.2 Å². The number of carboxylic acid groups (broad SMARTS) is 1. The molecule has 3 nitrogen and oxygen atoms in total. The Bertz CT molecular complexity index is 339. The van der Waals surface area contributed by atoms with Crippen molar-refractivity contribution in [3.8, 4) is 0 Å². The Hall–Kier alpha value is -1.00. The highest BCUT2D eigenvalue weighted by Crippen LogP contribution is 2.31. The molecule has 0 spiro atoms. The molecule has 0 aliphatic heterocycles. The number of rotatable bonds is 7. The van der Waals surface area contributed by atoms with Crippen LogP contribution in [-0.4, -0.2) is 34.8 Å². The van der Waals surface area contributed by atoms with Crippen LogP contribution in [0.3, 0.4) is 0 Å². The molecular weight excluding hydrogens is 234 g/mol. The summed E-state index contributed by atoms with van der Waals surface area (Å²) in [5.74, 6) is -0.626. The summed E-state index contributed by atoms with van der Waals surface area (Å²) >= 11 is 1.47. The van der Waals surface area contributed by atoms with E-state index in [1.807, 2.05) is 18.2 Å². The molecule has 0 saturated heterocycles. The first-order valence-corrected chi connectivity index (χ1v) is 6.86. The predicted octanol–water partition coefficient (Wildman–Crippen LogP) is 2.84. The number of carbonyl (C=O) groups is 1. The minimum atomic E-state index is -0.761. The zero-order valence-corrected chi connectivity index (χ0v) is 11.1. The zero-order chi connectivity index (χ0) is 12.7. The summed E-state index contributed by atoms with van der Waals surface area (Å²) in [6, 6.07) is 10.1. The molecule has 0 saturated carbocycles. The summed E-state index contributed by atoms with van der Waals surface area (Å²) < 4.78 is 0. The number of hydrogen-bond donors (Lipinski definition) is 1.